The molecule has 0 unspecified atom stereocenters. The smallest absolute Gasteiger partial charge is 0.338 e. The molecule has 2 amide bonds. The second-order valence-corrected chi connectivity index (χ2v) is 6.33. The van der Waals surface area contributed by atoms with Crippen LogP contribution in [0.1, 0.15) is 24.2 Å². The molecule has 3 aromatic rings. The summed E-state index contributed by atoms with van der Waals surface area (Å²) in [6.45, 7) is 2.89. The van der Waals surface area contributed by atoms with Gasteiger partial charge in [-0.3, -0.25) is 9.59 Å². The zero-order valence-corrected chi connectivity index (χ0v) is 15.6. The maximum Gasteiger partial charge on any atom is 0.338 e. The van der Waals surface area contributed by atoms with Gasteiger partial charge in [0.05, 0.1) is 5.56 Å². The number of fused-ring (bicyclic) bond motifs is 1. The number of carbonyl (C=O) groups is 3. The molecule has 0 spiro atoms. The van der Waals surface area contributed by atoms with Crippen molar-refractivity contribution in [3.8, 4) is 0 Å². The van der Waals surface area contributed by atoms with Crippen molar-refractivity contribution in [2.45, 2.75) is 20.0 Å². The first-order chi connectivity index (χ1) is 13.4. The highest BCUT2D eigenvalue weighted by molar-refractivity contribution is 6.04. The molecule has 0 aliphatic carbocycles. The fourth-order valence-electron chi connectivity index (χ4n) is 2.78. The van der Waals surface area contributed by atoms with Crippen molar-refractivity contribution in [1.82, 2.24) is 0 Å². The Morgan fingerprint density at radius 3 is 2.39 bits per heavy atom. The van der Waals surface area contributed by atoms with E-state index in [2.05, 4.69) is 10.6 Å². The molecule has 0 bridgehead atoms. The van der Waals surface area contributed by atoms with Gasteiger partial charge in [0.2, 0.25) is 5.91 Å². The number of carbonyl (C=O) groups excluding carboxylic acids is 3. The predicted octanol–water partition coefficient (Wildman–Crippen LogP) is 3.98. The molecule has 0 aliphatic heterocycles. The molecule has 0 radical (unpaired) electrons. The van der Waals surface area contributed by atoms with E-state index in [0.717, 1.165) is 10.8 Å². The third-order valence-electron chi connectivity index (χ3n) is 4.12. The van der Waals surface area contributed by atoms with Crippen molar-refractivity contribution < 1.29 is 19.1 Å². The van der Waals surface area contributed by atoms with Gasteiger partial charge in [0.15, 0.2) is 6.10 Å². The lowest BCUT2D eigenvalue weighted by atomic mass is 10.1. The molecule has 6 heteroatoms. The van der Waals surface area contributed by atoms with Crippen LogP contribution in [-0.2, 0) is 14.3 Å². The van der Waals surface area contributed by atoms with Crippen molar-refractivity contribution in [3.63, 3.8) is 0 Å². The number of amides is 2. The second-order valence-electron chi connectivity index (χ2n) is 6.33. The van der Waals surface area contributed by atoms with E-state index in [1.54, 1.807) is 24.3 Å². The van der Waals surface area contributed by atoms with E-state index >= 15 is 0 Å². The number of ether oxygens (including phenoxy) is 1. The van der Waals surface area contributed by atoms with Gasteiger partial charge in [0, 0.05) is 23.7 Å². The van der Waals surface area contributed by atoms with Gasteiger partial charge in [-0.1, -0.05) is 42.5 Å². The molecule has 0 saturated carbocycles. The zero-order chi connectivity index (χ0) is 20.1. The predicted molar refractivity (Wildman–Crippen MR) is 108 cm³/mol. The molecule has 6 nitrogen and oxygen atoms in total. The van der Waals surface area contributed by atoms with Crippen molar-refractivity contribution in [2.75, 3.05) is 10.6 Å². The van der Waals surface area contributed by atoms with Gasteiger partial charge in [-0.05, 0) is 36.6 Å². The minimum atomic E-state index is -0.990. The summed E-state index contributed by atoms with van der Waals surface area (Å²) in [4.78, 5) is 36.0. The molecule has 0 aliphatic rings. The van der Waals surface area contributed by atoms with Crippen molar-refractivity contribution in [2.24, 2.45) is 0 Å². The van der Waals surface area contributed by atoms with Gasteiger partial charge in [0.25, 0.3) is 5.91 Å². The second kappa shape index (κ2) is 8.35. The highest BCUT2D eigenvalue weighted by Gasteiger charge is 2.20. The lowest BCUT2D eigenvalue weighted by molar-refractivity contribution is -0.123. The van der Waals surface area contributed by atoms with Crippen LogP contribution in [-0.4, -0.2) is 23.9 Å². The number of anilines is 2. The van der Waals surface area contributed by atoms with E-state index in [0.29, 0.717) is 11.4 Å². The summed E-state index contributed by atoms with van der Waals surface area (Å²) in [6.07, 6.45) is -0.990. The van der Waals surface area contributed by atoms with Gasteiger partial charge in [-0.15, -0.1) is 0 Å². The monoisotopic (exact) mass is 376 g/mol. The Balaban J connectivity index is 1.68. The summed E-state index contributed by atoms with van der Waals surface area (Å²) >= 11 is 0. The summed E-state index contributed by atoms with van der Waals surface area (Å²) in [7, 11) is 0. The van der Waals surface area contributed by atoms with Crippen LogP contribution in [0, 0.1) is 0 Å². The van der Waals surface area contributed by atoms with Crippen LogP contribution in [0.15, 0.2) is 66.7 Å². The molecular weight excluding hydrogens is 356 g/mol. The molecule has 142 valence electrons. The Kier molecular flexibility index (Phi) is 5.69. The Hall–Kier alpha value is -3.67. The van der Waals surface area contributed by atoms with Crippen LogP contribution in [0.3, 0.4) is 0 Å². The Morgan fingerprint density at radius 1 is 0.893 bits per heavy atom. The molecule has 0 saturated heterocycles. The van der Waals surface area contributed by atoms with Gasteiger partial charge < -0.3 is 15.4 Å². The number of hydrogen-bond donors (Lipinski definition) is 2. The first-order valence-electron chi connectivity index (χ1n) is 8.81. The zero-order valence-electron chi connectivity index (χ0n) is 15.6. The highest BCUT2D eigenvalue weighted by atomic mass is 16.5. The van der Waals surface area contributed by atoms with Crippen LogP contribution in [0.4, 0.5) is 11.4 Å². The van der Waals surface area contributed by atoms with E-state index in [1.807, 2.05) is 36.4 Å². The average molecular weight is 376 g/mol. The number of hydrogen-bond acceptors (Lipinski definition) is 4. The molecule has 0 aromatic heterocycles. The van der Waals surface area contributed by atoms with Crippen LogP contribution < -0.4 is 10.6 Å². The fraction of sp³-hybridized carbons (Fsp3) is 0.136. The summed E-state index contributed by atoms with van der Waals surface area (Å²) in [5, 5.41) is 7.31. The van der Waals surface area contributed by atoms with Crippen molar-refractivity contribution in [1.29, 1.82) is 0 Å². The van der Waals surface area contributed by atoms with E-state index in [4.69, 9.17) is 4.74 Å². The van der Waals surface area contributed by atoms with Crippen LogP contribution in [0.5, 0.6) is 0 Å². The SMILES string of the molecule is CC(=O)Nc1cccc(C(=O)O[C@@H](C)C(=O)Nc2cccc3ccccc23)c1. The van der Waals surface area contributed by atoms with Crippen LogP contribution in [0.25, 0.3) is 10.8 Å². The van der Waals surface area contributed by atoms with E-state index in [1.165, 1.54) is 19.9 Å². The third-order valence-corrected chi connectivity index (χ3v) is 4.12. The quantitative estimate of drug-likeness (QED) is 0.660. The Bertz CT molecular complexity index is 1040. The third kappa shape index (κ3) is 4.54. The molecule has 3 aromatic carbocycles. The molecule has 28 heavy (non-hydrogen) atoms. The first-order valence-corrected chi connectivity index (χ1v) is 8.81. The maximum atomic E-state index is 12.5. The number of benzene rings is 3. The fourth-order valence-corrected chi connectivity index (χ4v) is 2.78. The minimum Gasteiger partial charge on any atom is -0.449 e. The highest BCUT2D eigenvalue weighted by Crippen LogP contribution is 2.23. The van der Waals surface area contributed by atoms with Crippen LogP contribution >= 0.6 is 0 Å². The molecular formula is C22H20N2O4. The molecule has 3 rings (SSSR count). The van der Waals surface area contributed by atoms with E-state index < -0.39 is 18.0 Å². The molecule has 2 N–H and O–H groups in total. The lowest BCUT2D eigenvalue weighted by Crippen LogP contribution is -2.30. The van der Waals surface area contributed by atoms with Crippen LogP contribution in [0.2, 0.25) is 0 Å². The lowest BCUT2D eigenvalue weighted by Gasteiger charge is -2.15. The maximum absolute atomic E-state index is 12.5. The average Bonchev–Trinajstić information content (AvgIpc) is 2.68. The molecule has 0 heterocycles. The Labute approximate surface area is 162 Å². The summed E-state index contributed by atoms with van der Waals surface area (Å²) < 4.78 is 5.28. The van der Waals surface area contributed by atoms with Crippen molar-refractivity contribution >= 4 is 39.9 Å². The van der Waals surface area contributed by atoms with Gasteiger partial charge in [0.1, 0.15) is 0 Å². The Morgan fingerprint density at radius 2 is 1.61 bits per heavy atom. The standard InChI is InChI=1S/C22H20N2O4/c1-14(28-22(27)17-9-5-10-18(13-17)23-15(2)25)21(26)24-20-12-6-8-16-7-3-4-11-19(16)20/h3-14H,1-2H3,(H,23,25)(H,24,26)/t14-/m0/s1. The number of nitrogens with one attached hydrogen (secondary N) is 2. The normalized spacial score (nSPS) is 11.5. The molecule has 1 atom stereocenters. The molecule has 0 fully saturated rings. The van der Waals surface area contributed by atoms with Gasteiger partial charge >= 0.3 is 5.97 Å². The topological polar surface area (TPSA) is 84.5 Å². The van der Waals surface area contributed by atoms with Gasteiger partial charge in [-0.2, -0.15) is 0 Å². The largest absolute Gasteiger partial charge is 0.449 e. The van der Waals surface area contributed by atoms with Crippen molar-refractivity contribution in [3.05, 3.63) is 72.3 Å². The minimum absolute atomic E-state index is 0.242. The first kappa shape index (κ1) is 19.1. The number of esters is 1. The van der Waals surface area contributed by atoms with E-state index in [9.17, 15) is 14.4 Å². The van der Waals surface area contributed by atoms with Gasteiger partial charge in [-0.25, -0.2) is 4.79 Å². The number of rotatable bonds is 5. The summed E-state index contributed by atoms with van der Waals surface area (Å²) in [5.74, 6) is -1.32. The summed E-state index contributed by atoms with van der Waals surface area (Å²) in [6, 6.07) is 19.6. The van der Waals surface area contributed by atoms with E-state index in [-0.39, 0.29) is 11.5 Å². The summed E-state index contributed by atoms with van der Waals surface area (Å²) in [5.41, 5.74) is 1.38.